The fraction of sp³-hybridized carbons (Fsp3) is 0.385. The third-order valence-electron chi connectivity index (χ3n) is 2.75. The van der Waals surface area contributed by atoms with Crippen molar-refractivity contribution in [1.29, 1.82) is 0 Å². The first kappa shape index (κ1) is 18.9. The van der Waals surface area contributed by atoms with Crippen molar-refractivity contribution >= 4 is 17.6 Å². The Hall–Kier alpha value is -3.11. The summed E-state index contributed by atoms with van der Waals surface area (Å²) in [5.74, 6) is -5.18. The highest BCUT2D eigenvalue weighted by Gasteiger charge is 2.29. The van der Waals surface area contributed by atoms with Gasteiger partial charge in [0.2, 0.25) is 6.54 Å². The standard InChI is InChI=1S/C13H13FN2O8/c1-2-23-13(18)8(7-15(19)20)5-12(17)24-11-4-3-9(16(21)22)6-10(11)14/h3-4,6,8H,2,5,7H2,1H3/t8-/m0/s1. The fourth-order valence-corrected chi connectivity index (χ4v) is 1.71. The Kier molecular flexibility index (Phi) is 6.71. The highest BCUT2D eigenvalue weighted by Crippen LogP contribution is 2.23. The van der Waals surface area contributed by atoms with E-state index in [1.54, 1.807) is 0 Å². The van der Waals surface area contributed by atoms with E-state index in [0.717, 1.165) is 12.1 Å². The first-order chi connectivity index (χ1) is 11.2. The lowest BCUT2D eigenvalue weighted by Crippen LogP contribution is -2.29. The van der Waals surface area contributed by atoms with Crippen molar-refractivity contribution in [3.05, 3.63) is 44.2 Å². The van der Waals surface area contributed by atoms with E-state index in [2.05, 4.69) is 9.47 Å². The second kappa shape index (κ2) is 8.50. The van der Waals surface area contributed by atoms with Crippen LogP contribution in [0.2, 0.25) is 0 Å². The molecule has 0 saturated heterocycles. The van der Waals surface area contributed by atoms with Gasteiger partial charge in [-0.2, -0.15) is 0 Å². The summed E-state index contributed by atoms with van der Waals surface area (Å²) in [6, 6.07) is 2.35. The van der Waals surface area contributed by atoms with E-state index in [9.17, 15) is 34.2 Å². The summed E-state index contributed by atoms with van der Waals surface area (Å²) in [5.41, 5.74) is -0.537. The van der Waals surface area contributed by atoms with Crippen LogP contribution in [0.4, 0.5) is 10.1 Å². The van der Waals surface area contributed by atoms with Gasteiger partial charge in [-0.05, 0) is 13.0 Å². The van der Waals surface area contributed by atoms with Crippen LogP contribution in [-0.4, -0.2) is 34.9 Å². The number of hydrogen-bond donors (Lipinski definition) is 0. The molecule has 0 fully saturated rings. The molecule has 0 saturated carbocycles. The molecule has 0 radical (unpaired) electrons. The van der Waals surface area contributed by atoms with E-state index >= 15 is 0 Å². The average molecular weight is 344 g/mol. The van der Waals surface area contributed by atoms with Crippen LogP contribution in [0.25, 0.3) is 0 Å². The molecule has 0 unspecified atom stereocenters. The van der Waals surface area contributed by atoms with Crippen molar-refractivity contribution in [3.63, 3.8) is 0 Å². The van der Waals surface area contributed by atoms with Crippen LogP contribution < -0.4 is 4.74 Å². The van der Waals surface area contributed by atoms with Crippen molar-refractivity contribution in [2.24, 2.45) is 5.92 Å². The number of hydrogen-bond acceptors (Lipinski definition) is 8. The molecule has 0 aliphatic rings. The van der Waals surface area contributed by atoms with Crippen molar-refractivity contribution in [2.75, 3.05) is 13.2 Å². The molecule has 1 aromatic rings. The molecule has 0 N–H and O–H groups in total. The van der Waals surface area contributed by atoms with Crippen LogP contribution in [0, 0.1) is 32.0 Å². The van der Waals surface area contributed by atoms with Gasteiger partial charge in [-0.1, -0.05) is 0 Å². The Balaban J connectivity index is 2.80. The van der Waals surface area contributed by atoms with E-state index < -0.39 is 57.9 Å². The predicted molar refractivity (Wildman–Crippen MR) is 75.3 cm³/mol. The third-order valence-corrected chi connectivity index (χ3v) is 2.75. The number of carbonyl (C=O) groups excluding carboxylic acids is 2. The molecule has 11 heteroatoms. The number of non-ortho nitro benzene ring substituents is 1. The summed E-state index contributed by atoms with van der Waals surface area (Å²) < 4.78 is 22.9. The topological polar surface area (TPSA) is 139 Å². The van der Waals surface area contributed by atoms with Gasteiger partial charge in [-0.3, -0.25) is 29.8 Å². The second-order valence-electron chi connectivity index (χ2n) is 4.51. The van der Waals surface area contributed by atoms with Crippen LogP contribution in [0.5, 0.6) is 5.75 Å². The van der Waals surface area contributed by atoms with Gasteiger partial charge in [0.05, 0.1) is 24.0 Å². The highest BCUT2D eigenvalue weighted by atomic mass is 19.1. The second-order valence-corrected chi connectivity index (χ2v) is 4.51. The number of nitrogens with zero attached hydrogens (tertiary/aromatic N) is 2. The van der Waals surface area contributed by atoms with E-state index in [1.165, 1.54) is 6.92 Å². The molecule has 1 rings (SSSR count). The van der Waals surface area contributed by atoms with Gasteiger partial charge in [-0.15, -0.1) is 0 Å². The summed E-state index contributed by atoms with van der Waals surface area (Å²) >= 11 is 0. The number of carbonyl (C=O) groups is 2. The van der Waals surface area contributed by atoms with Gasteiger partial charge < -0.3 is 9.47 Å². The Bertz CT molecular complexity index is 663. The minimum atomic E-state index is -1.38. The largest absolute Gasteiger partial charge is 0.466 e. The van der Waals surface area contributed by atoms with Crippen LogP contribution in [0.1, 0.15) is 13.3 Å². The zero-order chi connectivity index (χ0) is 18.3. The molecule has 1 atom stereocenters. The zero-order valence-corrected chi connectivity index (χ0v) is 12.5. The molecule has 0 aromatic heterocycles. The van der Waals surface area contributed by atoms with Crippen molar-refractivity contribution < 1.29 is 33.3 Å². The lowest BCUT2D eigenvalue weighted by molar-refractivity contribution is -0.486. The minimum Gasteiger partial charge on any atom is -0.466 e. The van der Waals surface area contributed by atoms with E-state index in [1.807, 2.05) is 0 Å². The van der Waals surface area contributed by atoms with Gasteiger partial charge in [0.15, 0.2) is 11.6 Å². The number of rotatable bonds is 8. The number of ether oxygens (including phenoxy) is 2. The first-order valence-corrected chi connectivity index (χ1v) is 6.67. The molecular formula is C13H13FN2O8. The van der Waals surface area contributed by atoms with Gasteiger partial charge >= 0.3 is 11.9 Å². The summed E-state index contributed by atoms with van der Waals surface area (Å²) in [6.07, 6.45) is -0.698. The Morgan fingerprint density at radius 1 is 1.29 bits per heavy atom. The van der Waals surface area contributed by atoms with E-state index in [0.29, 0.717) is 6.07 Å². The Morgan fingerprint density at radius 2 is 1.96 bits per heavy atom. The SMILES string of the molecule is CCOC(=O)[C@@H](CC(=O)Oc1ccc([N+](=O)[O-])cc1F)C[N+](=O)[O-]. The third kappa shape index (κ3) is 5.59. The van der Waals surface area contributed by atoms with Crippen LogP contribution in [0.3, 0.4) is 0 Å². The number of nitro groups is 2. The molecule has 0 heterocycles. The summed E-state index contributed by atoms with van der Waals surface area (Å²) in [6.45, 7) is 0.613. The van der Waals surface area contributed by atoms with E-state index in [-0.39, 0.29) is 6.61 Å². The molecular weight excluding hydrogens is 331 g/mol. The molecule has 1 aromatic carbocycles. The predicted octanol–water partition coefficient (Wildman–Crippen LogP) is 1.49. The molecule has 0 aliphatic heterocycles. The monoisotopic (exact) mass is 344 g/mol. The Labute approximate surface area is 134 Å². The van der Waals surface area contributed by atoms with Crippen LogP contribution in [-0.2, 0) is 14.3 Å². The van der Waals surface area contributed by atoms with Crippen LogP contribution in [0.15, 0.2) is 18.2 Å². The first-order valence-electron chi connectivity index (χ1n) is 6.67. The summed E-state index contributed by atoms with van der Waals surface area (Å²) in [5, 5.41) is 21.0. The van der Waals surface area contributed by atoms with Crippen molar-refractivity contribution in [1.82, 2.24) is 0 Å². The van der Waals surface area contributed by atoms with Gasteiger partial charge in [0, 0.05) is 11.0 Å². The lowest BCUT2D eigenvalue weighted by atomic mass is 10.1. The number of benzene rings is 1. The minimum absolute atomic E-state index is 0.0287. The van der Waals surface area contributed by atoms with Gasteiger partial charge in [-0.25, -0.2) is 4.39 Å². The zero-order valence-electron chi connectivity index (χ0n) is 12.5. The maximum Gasteiger partial charge on any atom is 0.316 e. The molecule has 130 valence electrons. The Morgan fingerprint density at radius 3 is 2.46 bits per heavy atom. The van der Waals surface area contributed by atoms with Gasteiger partial charge in [0.25, 0.3) is 5.69 Å². The summed E-state index contributed by atoms with van der Waals surface area (Å²) in [7, 11) is 0. The van der Waals surface area contributed by atoms with Crippen molar-refractivity contribution in [2.45, 2.75) is 13.3 Å². The fourth-order valence-electron chi connectivity index (χ4n) is 1.71. The van der Waals surface area contributed by atoms with Gasteiger partial charge in [0.1, 0.15) is 5.92 Å². The molecule has 0 aliphatic carbocycles. The molecule has 0 bridgehead atoms. The number of esters is 2. The summed E-state index contributed by atoms with van der Waals surface area (Å²) in [4.78, 5) is 42.7. The molecule has 0 spiro atoms. The lowest BCUT2D eigenvalue weighted by Gasteiger charge is -2.11. The smallest absolute Gasteiger partial charge is 0.316 e. The highest BCUT2D eigenvalue weighted by molar-refractivity contribution is 5.81. The quantitative estimate of drug-likeness (QED) is 0.299. The van der Waals surface area contributed by atoms with Crippen LogP contribution >= 0.6 is 0 Å². The number of halogens is 1. The molecule has 0 amide bonds. The number of nitro benzene ring substituents is 1. The maximum absolute atomic E-state index is 13.6. The van der Waals surface area contributed by atoms with Crippen molar-refractivity contribution in [3.8, 4) is 5.75 Å². The maximum atomic E-state index is 13.6. The molecule has 24 heavy (non-hydrogen) atoms. The van der Waals surface area contributed by atoms with E-state index in [4.69, 9.17) is 0 Å². The average Bonchev–Trinajstić information content (AvgIpc) is 2.48. The molecule has 10 nitrogen and oxygen atoms in total. The normalized spacial score (nSPS) is 11.4.